The highest BCUT2D eigenvalue weighted by atomic mass is 16.2. The van der Waals surface area contributed by atoms with Crippen molar-refractivity contribution in [2.75, 3.05) is 18.8 Å². The topological polar surface area (TPSA) is 89.9 Å². The number of rotatable bonds is 1. The Balaban J connectivity index is 1.57. The minimum atomic E-state index is -0.163. The number of carbonyl (C=O) groups excluding carboxylic acids is 1. The molecule has 1 unspecified atom stereocenters. The van der Waals surface area contributed by atoms with Gasteiger partial charge < -0.3 is 10.6 Å². The average Bonchev–Trinajstić information content (AvgIpc) is 3.23. The number of carbonyl (C=O) groups is 1. The van der Waals surface area contributed by atoms with E-state index < -0.39 is 0 Å². The lowest BCUT2D eigenvalue weighted by Crippen LogP contribution is -2.40. The fourth-order valence-corrected chi connectivity index (χ4v) is 4.32. The number of hydrogen-bond acceptors (Lipinski definition) is 5. The maximum absolute atomic E-state index is 12.3. The molecule has 1 amide bonds. The summed E-state index contributed by atoms with van der Waals surface area (Å²) in [6.45, 7) is 2.87. The Hall–Kier alpha value is -4.36. The van der Waals surface area contributed by atoms with Crippen molar-refractivity contribution in [1.29, 1.82) is 0 Å². The number of hydrogen-bond donors (Lipinski definition) is 1. The van der Waals surface area contributed by atoms with Gasteiger partial charge in [-0.15, -0.1) is 0 Å². The number of likely N-dealkylation sites (tertiary alicyclic amines) is 1. The number of piperidine rings is 1. The summed E-state index contributed by atoms with van der Waals surface area (Å²) in [6.07, 6.45) is 3.17. The number of nitrogens with two attached hydrogens (primary N) is 1. The molecule has 0 bridgehead atoms. The lowest BCUT2D eigenvalue weighted by atomic mass is 10.0. The predicted octanol–water partition coefficient (Wildman–Crippen LogP) is 3.15. The maximum atomic E-state index is 12.3. The van der Waals surface area contributed by atoms with Crippen LogP contribution in [0.3, 0.4) is 0 Å². The van der Waals surface area contributed by atoms with Crippen LogP contribution in [-0.2, 0) is 4.79 Å². The summed E-state index contributed by atoms with van der Waals surface area (Å²) in [7, 11) is 0. The first kappa shape index (κ1) is 20.5. The fourth-order valence-electron chi connectivity index (χ4n) is 4.32. The first-order valence-electron chi connectivity index (χ1n) is 10.9. The zero-order chi connectivity index (χ0) is 22.8. The SMILES string of the molecule is CC#CC(=O)N1CCCC(n2nc(C#Cc3cccc4ccccc34)c3c(N)ncnc32)C1. The molecule has 3 heterocycles. The molecule has 1 fully saturated rings. The van der Waals surface area contributed by atoms with E-state index >= 15 is 0 Å². The Morgan fingerprint density at radius 2 is 1.97 bits per heavy atom. The van der Waals surface area contributed by atoms with Crippen molar-refractivity contribution in [3.05, 3.63) is 60.0 Å². The summed E-state index contributed by atoms with van der Waals surface area (Å²) in [4.78, 5) is 22.7. The molecule has 33 heavy (non-hydrogen) atoms. The standard InChI is InChI=1S/C26H22N6O/c1-2-7-23(33)31-15-6-11-20(16-31)32-26-24(25(27)28-17-29-26)22(30-32)14-13-19-10-5-9-18-8-3-4-12-21(18)19/h3-5,8-10,12,17,20H,6,11,15-16H2,1H3,(H2,27,28,29). The van der Waals surface area contributed by atoms with Crippen molar-refractivity contribution < 1.29 is 4.79 Å². The molecule has 0 spiro atoms. The van der Waals surface area contributed by atoms with Gasteiger partial charge in [-0.05, 0) is 48.4 Å². The highest BCUT2D eigenvalue weighted by molar-refractivity contribution is 5.94. The van der Waals surface area contributed by atoms with Gasteiger partial charge in [-0.3, -0.25) is 4.79 Å². The average molecular weight is 435 g/mol. The van der Waals surface area contributed by atoms with Crippen LogP contribution < -0.4 is 5.73 Å². The van der Waals surface area contributed by atoms with E-state index in [1.54, 1.807) is 11.8 Å². The molecule has 5 rings (SSSR count). The molecule has 162 valence electrons. The Labute approximate surface area is 191 Å². The summed E-state index contributed by atoms with van der Waals surface area (Å²) in [6, 6.07) is 14.2. The van der Waals surface area contributed by atoms with Crippen LogP contribution in [-0.4, -0.2) is 43.6 Å². The Morgan fingerprint density at radius 3 is 2.85 bits per heavy atom. The first-order chi connectivity index (χ1) is 16.2. The third kappa shape index (κ3) is 3.86. The summed E-state index contributed by atoms with van der Waals surface area (Å²) >= 11 is 0. The molecule has 2 N–H and O–H groups in total. The highest BCUT2D eigenvalue weighted by Crippen LogP contribution is 2.28. The molecule has 2 aromatic heterocycles. The van der Waals surface area contributed by atoms with E-state index in [0.29, 0.717) is 35.6 Å². The fraction of sp³-hybridized carbons (Fsp3) is 0.231. The predicted molar refractivity (Wildman–Crippen MR) is 128 cm³/mol. The third-order valence-corrected chi connectivity index (χ3v) is 5.88. The van der Waals surface area contributed by atoms with Crippen molar-refractivity contribution in [2.24, 2.45) is 0 Å². The van der Waals surface area contributed by atoms with Gasteiger partial charge in [0.1, 0.15) is 17.8 Å². The van der Waals surface area contributed by atoms with Crippen LogP contribution in [0.15, 0.2) is 48.8 Å². The van der Waals surface area contributed by atoms with Crippen LogP contribution in [0.2, 0.25) is 0 Å². The van der Waals surface area contributed by atoms with Gasteiger partial charge in [0.25, 0.3) is 5.91 Å². The number of aromatic nitrogens is 4. The monoisotopic (exact) mass is 434 g/mol. The molecule has 2 aromatic carbocycles. The van der Waals surface area contributed by atoms with Crippen molar-refractivity contribution >= 4 is 33.5 Å². The molecular formula is C26H22N6O. The van der Waals surface area contributed by atoms with Crippen LogP contribution in [0.4, 0.5) is 5.82 Å². The lowest BCUT2D eigenvalue weighted by molar-refractivity contribution is -0.126. The van der Waals surface area contributed by atoms with Crippen LogP contribution in [0.1, 0.15) is 37.1 Å². The zero-order valence-corrected chi connectivity index (χ0v) is 18.2. The van der Waals surface area contributed by atoms with Crippen molar-refractivity contribution in [3.63, 3.8) is 0 Å². The minimum absolute atomic E-state index is 0.0359. The summed E-state index contributed by atoms with van der Waals surface area (Å²) in [5.74, 6) is 12.0. The van der Waals surface area contributed by atoms with E-state index in [4.69, 9.17) is 10.8 Å². The van der Waals surface area contributed by atoms with E-state index in [1.807, 2.05) is 28.9 Å². The maximum Gasteiger partial charge on any atom is 0.298 e. The second kappa shape index (κ2) is 8.64. The van der Waals surface area contributed by atoms with Crippen molar-refractivity contribution in [3.8, 4) is 23.7 Å². The first-order valence-corrected chi connectivity index (χ1v) is 10.9. The molecule has 1 saturated heterocycles. The Morgan fingerprint density at radius 1 is 1.12 bits per heavy atom. The molecule has 1 atom stereocenters. The summed E-state index contributed by atoms with van der Waals surface area (Å²) in [5.41, 5.74) is 8.30. The van der Waals surface area contributed by atoms with Crippen LogP contribution in [0.5, 0.6) is 0 Å². The van der Waals surface area contributed by atoms with Gasteiger partial charge in [-0.25, -0.2) is 14.6 Å². The molecule has 4 aromatic rings. The number of nitrogens with zero attached hydrogens (tertiary/aromatic N) is 5. The van der Waals surface area contributed by atoms with Crippen molar-refractivity contribution in [2.45, 2.75) is 25.8 Å². The Bertz CT molecular complexity index is 1490. The second-order valence-electron chi connectivity index (χ2n) is 7.95. The van der Waals surface area contributed by atoms with Gasteiger partial charge in [-0.1, -0.05) is 48.2 Å². The van der Waals surface area contributed by atoms with Gasteiger partial charge in [0.05, 0.1) is 11.4 Å². The van der Waals surface area contributed by atoms with E-state index in [2.05, 4.69) is 51.8 Å². The van der Waals surface area contributed by atoms with Gasteiger partial charge >= 0.3 is 0 Å². The van der Waals surface area contributed by atoms with E-state index in [9.17, 15) is 4.79 Å². The zero-order valence-electron chi connectivity index (χ0n) is 18.2. The molecular weight excluding hydrogens is 412 g/mol. The Kier molecular flexibility index (Phi) is 5.38. The van der Waals surface area contributed by atoms with Gasteiger partial charge in [0, 0.05) is 18.7 Å². The molecule has 0 saturated carbocycles. The van der Waals surface area contributed by atoms with Crippen LogP contribution in [0, 0.1) is 23.7 Å². The number of amides is 1. The second-order valence-corrected chi connectivity index (χ2v) is 7.95. The summed E-state index contributed by atoms with van der Waals surface area (Å²) in [5, 5.41) is 7.65. The third-order valence-electron chi connectivity index (χ3n) is 5.88. The van der Waals surface area contributed by atoms with Gasteiger partial charge in [-0.2, -0.15) is 5.10 Å². The highest BCUT2D eigenvalue weighted by Gasteiger charge is 2.27. The smallest absolute Gasteiger partial charge is 0.298 e. The van der Waals surface area contributed by atoms with Crippen molar-refractivity contribution in [1.82, 2.24) is 24.6 Å². The largest absolute Gasteiger partial charge is 0.383 e. The number of fused-ring (bicyclic) bond motifs is 2. The molecule has 7 nitrogen and oxygen atoms in total. The number of nitrogen functional groups attached to an aromatic ring is 1. The quantitative estimate of drug-likeness (QED) is 0.465. The van der Waals surface area contributed by atoms with E-state index in [0.717, 1.165) is 29.2 Å². The molecule has 7 heteroatoms. The normalized spacial score (nSPS) is 15.5. The van der Waals surface area contributed by atoms with Gasteiger partial charge in [0.2, 0.25) is 0 Å². The molecule has 1 aliphatic heterocycles. The van der Waals surface area contributed by atoms with E-state index in [1.165, 1.54) is 6.33 Å². The lowest BCUT2D eigenvalue weighted by Gasteiger charge is -2.31. The van der Waals surface area contributed by atoms with E-state index in [-0.39, 0.29) is 11.9 Å². The van der Waals surface area contributed by atoms with Gasteiger partial charge in [0.15, 0.2) is 5.65 Å². The molecule has 1 aliphatic rings. The van der Waals surface area contributed by atoms with Crippen LogP contribution >= 0.6 is 0 Å². The molecule has 0 radical (unpaired) electrons. The summed E-state index contributed by atoms with van der Waals surface area (Å²) < 4.78 is 1.85. The van der Waals surface area contributed by atoms with Crippen LogP contribution in [0.25, 0.3) is 21.8 Å². The number of benzene rings is 2. The molecule has 0 aliphatic carbocycles. The number of anilines is 1. The minimum Gasteiger partial charge on any atom is -0.383 e.